The van der Waals surface area contributed by atoms with Gasteiger partial charge in [-0.2, -0.15) is 0 Å². The molecule has 1 atom stereocenters. The number of halogens is 1. The zero-order valence-electron chi connectivity index (χ0n) is 9.43. The van der Waals surface area contributed by atoms with Gasteiger partial charge in [0, 0.05) is 18.2 Å². The van der Waals surface area contributed by atoms with Crippen LogP contribution >= 0.6 is 11.6 Å². The fourth-order valence-electron chi connectivity index (χ4n) is 2.37. The molecule has 92 valence electrons. The molecule has 1 unspecified atom stereocenters. The van der Waals surface area contributed by atoms with Gasteiger partial charge in [-0.3, -0.25) is 4.79 Å². The molecule has 17 heavy (non-hydrogen) atoms. The summed E-state index contributed by atoms with van der Waals surface area (Å²) < 4.78 is 5.27. The van der Waals surface area contributed by atoms with Crippen LogP contribution in [0.4, 0.5) is 0 Å². The van der Waals surface area contributed by atoms with Crippen LogP contribution in [0.15, 0.2) is 24.3 Å². The fourth-order valence-corrected chi connectivity index (χ4v) is 2.62. The van der Waals surface area contributed by atoms with Gasteiger partial charge in [0.25, 0.3) is 0 Å². The van der Waals surface area contributed by atoms with Gasteiger partial charge in [0.2, 0.25) is 0 Å². The van der Waals surface area contributed by atoms with E-state index < -0.39 is 11.9 Å². The first-order valence-corrected chi connectivity index (χ1v) is 6.13. The Morgan fingerprint density at radius 1 is 1.35 bits per heavy atom. The van der Waals surface area contributed by atoms with Gasteiger partial charge in [0.05, 0.1) is 5.92 Å². The molecule has 0 radical (unpaired) electrons. The van der Waals surface area contributed by atoms with E-state index in [4.69, 9.17) is 16.3 Å². The first-order valence-electron chi connectivity index (χ1n) is 5.75. The number of hydrogen-bond donors (Lipinski definition) is 1. The summed E-state index contributed by atoms with van der Waals surface area (Å²) in [6.07, 6.45) is 1.56. The number of carbonyl (C=O) groups is 1. The van der Waals surface area contributed by atoms with E-state index in [2.05, 4.69) is 0 Å². The largest absolute Gasteiger partial charge is 0.481 e. The number of carboxylic acid groups (broad SMARTS) is 1. The van der Waals surface area contributed by atoms with E-state index in [0.29, 0.717) is 23.8 Å². The molecule has 1 saturated heterocycles. The third-order valence-corrected chi connectivity index (χ3v) is 3.59. The van der Waals surface area contributed by atoms with E-state index in [1.807, 2.05) is 12.1 Å². The number of hydrogen-bond acceptors (Lipinski definition) is 2. The summed E-state index contributed by atoms with van der Waals surface area (Å²) in [7, 11) is 0. The van der Waals surface area contributed by atoms with Gasteiger partial charge in [-0.25, -0.2) is 0 Å². The Morgan fingerprint density at radius 3 is 2.59 bits per heavy atom. The molecule has 1 fully saturated rings. The van der Waals surface area contributed by atoms with Crippen LogP contribution < -0.4 is 0 Å². The highest BCUT2D eigenvalue weighted by atomic mass is 35.5. The number of benzene rings is 1. The van der Waals surface area contributed by atoms with Crippen molar-refractivity contribution in [3.8, 4) is 0 Å². The lowest BCUT2D eigenvalue weighted by atomic mass is 9.81. The van der Waals surface area contributed by atoms with Crippen LogP contribution in [-0.2, 0) is 9.53 Å². The van der Waals surface area contributed by atoms with Gasteiger partial charge in [0.15, 0.2) is 0 Å². The molecule has 1 aliphatic rings. The van der Waals surface area contributed by atoms with Crippen LogP contribution in [0.25, 0.3) is 0 Å². The fraction of sp³-hybridized carbons (Fsp3) is 0.462. The van der Waals surface area contributed by atoms with Crippen LogP contribution in [0, 0.1) is 5.92 Å². The maximum absolute atomic E-state index is 11.5. The molecule has 1 aromatic carbocycles. The molecule has 0 saturated carbocycles. The molecule has 1 aromatic rings. The van der Waals surface area contributed by atoms with Gasteiger partial charge in [-0.05, 0) is 30.4 Å². The average molecular weight is 255 g/mol. The minimum absolute atomic E-state index is 0.112. The molecule has 1 heterocycles. The Bertz CT molecular complexity index is 399. The third-order valence-electron chi connectivity index (χ3n) is 3.24. The lowest BCUT2D eigenvalue weighted by Gasteiger charge is -2.28. The van der Waals surface area contributed by atoms with E-state index >= 15 is 0 Å². The van der Waals surface area contributed by atoms with E-state index in [-0.39, 0.29) is 5.92 Å². The molecule has 4 heteroatoms. The van der Waals surface area contributed by atoms with Crippen molar-refractivity contribution in [1.82, 2.24) is 0 Å². The van der Waals surface area contributed by atoms with Crippen molar-refractivity contribution in [2.24, 2.45) is 5.92 Å². The van der Waals surface area contributed by atoms with Gasteiger partial charge in [-0.15, -0.1) is 0 Å². The van der Waals surface area contributed by atoms with E-state index in [1.165, 1.54) is 0 Å². The van der Waals surface area contributed by atoms with Gasteiger partial charge >= 0.3 is 5.97 Å². The normalized spacial score (nSPS) is 18.9. The topological polar surface area (TPSA) is 46.5 Å². The molecule has 1 aliphatic heterocycles. The zero-order chi connectivity index (χ0) is 12.3. The SMILES string of the molecule is O=C(O)C(c1ccccc1Cl)C1CCOCC1. The first kappa shape index (κ1) is 12.4. The summed E-state index contributed by atoms with van der Waals surface area (Å²) in [5, 5.41) is 9.94. The monoisotopic (exact) mass is 254 g/mol. The Hall–Kier alpha value is -1.06. The van der Waals surface area contributed by atoms with E-state index in [1.54, 1.807) is 12.1 Å². The number of carboxylic acids is 1. The molecule has 0 amide bonds. The van der Waals surface area contributed by atoms with Crippen molar-refractivity contribution < 1.29 is 14.6 Å². The van der Waals surface area contributed by atoms with Crippen molar-refractivity contribution >= 4 is 17.6 Å². The highest BCUT2D eigenvalue weighted by Gasteiger charge is 2.32. The molecule has 0 aromatic heterocycles. The van der Waals surface area contributed by atoms with Crippen LogP contribution in [0.2, 0.25) is 5.02 Å². The maximum Gasteiger partial charge on any atom is 0.311 e. The molecule has 3 nitrogen and oxygen atoms in total. The van der Waals surface area contributed by atoms with Crippen LogP contribution in [0.3, 0.4) is 0 Å². The summed E-state index contributed by atoms with van der Waals surface area (Å²) in [5.74, 6) is -1.21. The van der Waals surface area contributed by atoms with Crippen LogP contribution in [0.1, 0.15) is 24.3 Å². The van der Waals surface area contributed by atoms with Crippen molar-refractivity contribution in [2.75, 3.05) is 13.2 Å². The third kappa shape index (κ3) is 2.79. The zero-order valence-corrected chi connectivity index (χ0v) is 10.2. The molecular weight excluding hydrogens is 240 g/mol. The Kier molecular flexibility index (Phi) is 4.02. The van der Waals surface area contributed by atoms with Gasteiger partial charge in [-0.1, -0.05) is 29.8 Å². The van der Waals surface area contributed by atoms with Crippen LogP contribution in [-0.4, -0.2) is 24.3 Å². The summed E-state index contributed by atoms with van der Waals surface area (Å²) in [4.78, 5) is 11.5. The van der Waals surface area contributed by atoms with Crippen molar-refractivity contribution in [2.45, 2.75) is 18.8 Å². The second kappa shape index (κ2) is 5.52. The summed E-state index contributed by atoms with van der Waals surface area (Å²) >= 11 is 6.09. The van der Waals surface area contributed by atoms with Crippen LogP contribution in [0.5, 0.6) is 0 Å². The minimum Gasteiger partial charge on any atom is -0.481 e. The Balaban J connectivity index is 2.28. The predicted molar refractivity (Wildman–Crippen MR) is 65.4 cm³/mol. The smallest absolute Gasteiger partial charge is 0.311 e. The van der Waals surface area contributed by atoms with Crippen molar-refractivity contribution in [1.29, 1.82) is 0 Å². The number of aliphatic carboxylic acids is 1. The summed E-state index contributed by atoms with van der Waals surface area (Å²) in [5.41, 5.74) is 0.716. The molecule has 2 rings (SSSR count). The molecular formula is C13H15ClO3. The molecule has 0 aliphatic carbocycles. The highest BCUT2D eigenvalue weighted by molar-refractivity contribution is 6.31. The lowest BCUT2D eigenvalue weighted by molar-refractivity contribution is -0.141. The summed E-state index contributed by atoms with van der Waals surface area (Å²) in [6.45, 7) is 1.28. The van der Waals surface area contributed by atoms with Crippen molar-refractivity contribution in [3.05, 3.63) is 34.9 Å². The molecule has 0 spiro atoms. The second-order valence-electron chi connectivity index (χ2n) is 4.29. The first-order chi connectivity index (χ1) is 8.20. The standard InChI is InChI=1S/C13H15ClO3/c14-11-4-2-1-3-10(11)12(13(15)16)9-5-7-17-8-6-9/h1-4,9,12H,5-8H2,(H,15,16). The average Bonchev–Trinajstić information content (AvgIpc) is 2.33. The number of rotatable bonds is 3. The Labute approximate surface area is 105 Å². The summed E-state index contributed by atoms with van der Waals surface area (Å²) in [6, 6.07) is 7.19. The quantitative estimate of drug-likeness (QED) is 0.902. The van der Waals surface area contributed by atoms with E-state index in [9.17, 15) is 9.90 Å². The lowest BCUT2D eigenvalue weighted by Crippen LogP contribution is -2.27. The van der Waals surface area contributed by atoms with E-state index in [0.717, 1.165) is 12.8 Å². The molecule has 1 N–H and O–H groups in total. The van der Waals surface area contributed by atoms with Crippen molar-refractivity contribution in [3.63, 3.8) is 0 Å². The highest BCUT2D eigenvalue weighted by Crippen LogP contribution is 2.35. The predicted octanol–water partition coefficient (Wildman–Crippen LogP) is 2.93. The van der Waals surface area contributed by atoms with Gasteiger partial charge < -0.3 is 9.84 Å². The minimum atomic E-state index is -0.801. The number of ether oxygens (including phenoxy) is 1. The Morgan fingerprint density at radius 2 is 2.00 bits per heavy atom. The molecule has 0 bridgehead atoms. The van der Waals surface area contributed by atoms with Gasteiger partial charge in [0.1, 0.15) is 0 Å². The maximum atomic E-state index is 11.5. The second-order valence-corrected chi connectivity index (χ2v) is 4.69.